The van der Waals surface area contributed by atoms with Crippen LogP contribution in [0.1, 0.15) is 12.6 Å². The molecule has 2 aromatic carbocycles. The molecule has 0 saturated carbocycles. The van der Waals surface area contributed by atoms with Gasteiger partial charge >= 0.3 is 6.18 Å². The number of halogens is 3. The highest BCUT2D eigenvalue weighted by molar-refractivity contribution is 5.85. The molecule has 6 nitrogen and oxygen atoms in total. The van der Waals surface area contributed by atoms with Crippen LogP contribution in [0.5, 0.6) is 23.0 Å². The van der Waals surface area contributed by atoms with Gasteiger partial charge in [-0.25, -0.2) is 0 Å². The van der Waals surface area contributed by atoms with E-state index >= 15 is 0 Å². The highest BCUT2D eigenvalue weighted by Crippen LogP contribution is 2.46. The Morgan fingerprint density at radius 1 is 1.03 bits per heavy atom. The van der Waals surface area contributed by atoms with Crippen molar-refractivity contribution in [2.24, 2.45) is 0 Å². The molecule has 0 aliphatic carbocycles. The van der Waals surface area contributed by atoms with E-state index in [4.69, 9.17) is 18.7 Å². The van der Waals surface area contributed by atoms with Gasteiger partial charge in [0.25, 0.3) is 0 Å². The number of nitrogens with zero attached hydrogens (tertiary/aromatic N) is 1. The summed E-state index contributed by atoms with van der Waals surface area (Å²) in [4.78, 5) is 0. The zero-order valence-corrected chi connectivity index (χ0v) is 15.8. The molecule has 29 heavy (non-hydrogen) atoms. The van der Waals surface area contributed by atoms with Gasteiger partial charge in [0.15, 0.2) is 23.0 Å². The topological polar surface area (TPSA) is 74.0 Å². The number of benzene rings is 2. The summed E-state index contributed by atoms with van der Waals surface area (Å²) in [5.41, 5.74) is -1.35. The molecule has 0 unspecified atom stereocenters. The highest BCUT2D eigenvalue weighted by Gasteiger charge is 2.40. The Balaban J connectivity index is 2.22. The molecule has 0 radical (unpaired) electrons. The number of ether oxygens (including phenoxy) is 3. The van der Waals surface area contributed by atoms with E-state index in [0.29, 0.717) is 18.1 Å². The van der Waals surface area contributed by atoms with Crippen LogP contribution in [0.2, 0.25) is 0 Å². The standard InChI is InChI=1S/C20H18F3NO5/c1-4-28-12-6-7-13(14(25)10-12)18-17(19(24-29-18)20(21,22)23)11-5-8-15(26-2)16(9-11)27-3/h5-10,25H,4H2,1-3H3. The second-order valence-electron chi connectivity index (χ2n) is 5.91. The summed E-state index contributed by atoms with van der Waals surface area (Å²) in [6, 6.07) is 8.52. The first-order valence-corrected chi connectivity index (χ1v) is 8.55. The molecule has 0 amide bonds. The number of alkyl halides is 3. The van der Waals surface area contributed by atoms with Gasteiger partial charge in [-0.3, -0.25) is 0 Å². The lowest BCUT2D eigenvalue weighted by atomic mass is 9.98. The van der Waals surface area contributed by atoms with Crippen LogP contribution in [0.3, 0.4) is 0 Å². The smallest absolute Gasteiger partial charge is 0.437 e. The van der Waals surface area contributed by atoms with Crippen LogP contribution in [-0.4, -0.2) is 31.1 Å². The zero-order valence-electron chi connectivity index (χ0n) is 15.8. The van der Waals surface area contributed by atoms with E-state index < -0.39 is 11.9 Å². The molecule has 0 saturated heterocycles. The number of aromatic nitrogens is 1. The minimum atomic E-state index is -4.77. The lowest BCUT2D eigenvalue weighted by Crippen LogP contribution is -2.07. The van der Waals surface area contributed by atoms with Crippen LogP contribution in [0.25, 0.3) is 22.5 Å². The average molecular weight is 409 g/mol. The van der Waals surface area contributed by atoms with Gasteiger partial charge in [0, 0.05) is 6.07 Å². The minimum absolute atomic E-state index is 0.0428. The van der Waals surface area contributed by atoms with Crippen LogP contribution in [-0.2, 0) is 6.18 Å². The number of rotatable bonds is 6. The van der Waals surface area contributed by atoms with Crippen LogP contribution in [0.15, 0.2) is 40.9 Å². The predicted octanol–water partition coefficient (Wildman–Crippen LogP) is 5.15. The lowest BCUT2D eigenvalue weighted by Gasteiger charge is -2.12. The minimum Gasteiger partial charge on any atom is -0.507 e. The first-order valence-electron chi connectivity index (χ1n) is 8.55. The zero-order chi connectivity index (χ0) is 21.2. The van der Waals surface area contributed by atoms with Crippen LogP contribution < -0.4 is 14.2 Å². The van der Waals surface area contributed by atoms with Crippen molar-refractivity contribution in [3.63, 3.8) is 0 Å². The normalized spacial score (nSPS) is 11.4. The van der Waals surface area contributed by atoms with Crippen molar-refractivity contribution in [2.75, 3.05) is 20.8 Å². The summed E-state index contributed by atoms with van der Waals surface area (Å²) >= 11 is 0. The third kappa shape index (κ3) is 3.94. The van der Waals surface area contributed by atoms with Gasteiger partial charge in [-0.2, -0.15) is 13.2 Å². The Morgan fingerprint density at radius 2 is 1.76 bits per heavy atom. The van der Waals surface area contributed by atoms with Crippen molar-refractivity contribution in [3.05, 3.63) is 42.1 Å². The van der Waals surface area contributed by atoms with Crippen molar-refractivity contribution in [1.82, 2.24) is 5.16 Å². The van der Waals surface area contributed by atoms with Crippen molar-refractivity contribution in [1.29, 1.82) is 0 Å². The Hall–Kier alpha value is -3.36. The summed E-state index contributed by atoms with van der Waals surface area (Å²) in [5.74, 6) is 0.428. The van der Waals surface area contributed by atoms with E-state index in [1.807, 2.05) is 0 Å². The number of aromatic hydroxyl groups is 1. The maximum absolute atomic E-state index is 13.6. The molecule has 3 aromatic rings. The van der Waals surface area contributed by atoms with Gasteiger partial charge in [-0.05, 0) is 36.8 Å². The van der Waals surface area contributed by atoms with Gasteiger partial charge in [-0.15, -0.1) is 0 Å². The molecule has 1 N–H and O–H groups in total. The predicted molar refractivity (Wildman–Crippen MR) is 98.3 cm³/mol. The molecule has 0 aliphatic heterocycles. The van der Waals surface area contributed by atoms with E-state index in [1.165, 1.54) is 50.6 Å². The summed E-state index contributed by atoms with van der Waals surface area (Å²) in [5, 5.41) is 13.6. The van der Waals surface area contributed by atoms with Crippen LogP contribution >= 0.6 is 0 Å². The Kier molecular flexibility index (Phi) is 5.58. The first kappa shape index (κ1) is 20.4. The van der Waals surface area contributed by atoms with Gasteiger partial charge in [0.2, 0.25) is 0 Å². The molecule has 0 fully saturated rings. The number of phenols is 1. The molecule has 3 rings (SSSR count). The summed E-state index contributed by atoms with van der Waals surface area (Å²) in [6.07, 6.45) is -4.77. The first-order chi connectivity index (χ1) is 13.8. The van der Waals surface area contributed by atoms with Crippen molar-refractivity contribution in [2.45, 2.75) is 13.1 Å². The van der Waals surface area contributed by atoms with E-state index in [9.17, 15) is 18.3 Å². The van der Waals surface area contributed by atoms with Gasteiger partial charge in [0.05, 0.1) is 32.0 Å². The Morgan fingerprint density at radius 3 is 2.34 bits per heavy atom. The summed E-state index contributed by atoms with van der Waals surface area (Å²) in [6.45, 7) is 2.14. The third-order valence-corrected chi connectivity index (χ3v) is 4.16. The fourth-order valence-electron chi connectivity index (χ4n) is 2.89. The fraction of sp³-hybridized carbons (Fsp3) is 0.250. The number of methoxy groups -OCH3 is 2. The lowest BCUT2D eigenvalue weighted by molar-refractivity contribution is -0.142. The molecular weight excluding hydrogens is 391 g/mol. The van der Waals surface area contributed by atoms with Crippen LogP contribution in [0.4, 0.5) is 13.2 Å². The maximum atomic E-state index is 13.6. The van der Waals surface area contributed by atoms with Crippen LogP contribution in [0, 0.1) is 0 Å². The molecule has 154 valence electrons. The monoisotopic (exact) mass is 409 g/mol. The Labute approximate surface area is 164 Å². The molecule has 0 spiro atoms. The third-order valence-electron chi connectivity index (χ3n) is 4.16. The quantitative estimate of drug-likeness (QED) is 0.607. The fourth-order valence-corrected chi connectivity index (χ4v) is 2.89. The molecule has 0 aliphatic rings. The van der Waals surface area contributed by atoms with Gasteiger partial charge < -0.3 is 23.8 Å². The number of hydrogen-bond donors (Lipinski definition) is 1. The second kappa shape index (κ2) is 7.94. The van der Waals surface area contributed by atoms with Gasteiger partial charge in [0.1, 0.15) is 11.5 Å². The summed E-state index contributed by atoms with van der Waals surface area (Å²) in [7, 11) is 2.79. The maximum Gasteiger partial charge on any atom is 0.437 e. The molecule has 1 heterocycles. The van der Waals surface area contributed by atoms with E-state index in [0.717, 1.165) is 0 Å². The van der Waals surface area contributed by atoms with E-state index in [-0.39, 0.29) is 33.9 Å². The molecular formula is C20H18F3NO5. The Bertz CT molecular complexity index is 1010. The number of hydrogen-bond acceptors (Lipinski definition) is 6. The van der Waals surface area contributed by atoms with E-state index in [2.05, 4.69) is 5.16 Å². The largest absolute Gasteiger partial charge is 0.507 e. The number of phenolic OH excluding ortho intramolecular Hbond substituents is 1. The average Bonchev–Trinajstić information content (AvgIpc) is 3.13. The van der Waals surface area contributed by atoms with Gasteiger partial charge in [-0.1, -0.05) is 11.2 Å². The van der Waals surface area contributed by atoms with Crippen molar-refractivity contribution in [3.8, 4) is 45.4 Å². The highest BCUT2D eigenvalue weighted by atomic mass is 19.4. The summed E-state index contributed by atoms with van der Waals surface area (Å²) < 4.78 is 61.4. The van der Waals surface area contributed by atoms with E-state index in [1.54, 1.807) is 6.92 Å². The molecule has 0 bridgehead atoms. The molecule has 9 heteroatoms. The second-order valence-corrected chi connectivity index (χ2v) is 5.91. The SMILES string of the molecule is CCOc1ccc(-c2onc(C(F)(F)F)c2-c2ccc(OC)c(OC)c2)c(O)c1. The molecule has 1 aromatic heterocycles. The molecule has 0 atom stereocenters. The van der Waals surface area contributed by atoms with Crippen molar-refractivity contribution >= 4 is 0 Å². The van der Waals surface area contributed by atoms with Crippen molar-refractivity contribution < 1.29 is 37.0 Å².